The molecule has 5 fully saturated rings. The Balaban J connectivity index is 1.09. The highest BCUT2D eigenvalue weighted by molar-refractivity contribution is 9.10. The van der Waals surface area contributed by atoms with Gasteiger partial charge in [-0.1, -0.05) is 12.1 Å². The molecule has 0 spiro atoms. The zero-order valence-corrected chi connectivity index (χ0v) is 28.3. The number of nitrogens with one attached hydrogen (secondary N) is 1. The number of carbonyl (C=O) groups excluding carboxylic acids is 3. The van der Waals surface area contributed by atoms with Crippen LogP contribution in [0, 0.1) is 31.1 Å². The number of aryl methyl sites for hydroxylation is 2. The molecule has 12 heteroatoms. The number of benzene rings is 1. The predicted octanol–water partition coefficient (Wildman–Crippen LogP) is 4.81. The zero-order chi connectivity index (χ0) is 32.6. The summed E-state index contributed by atoms with van der Waals surface area (Å²) in [7, 11) is 0. The molecule has 0 radical (unpaired) electrons. The molecule has 2 unspecified atom stereocenters. The van der Waals surface area contributed by atoms with Crippen LogP contribution >= 0.6 is 15.9 Å². The van der Waals surface area contributed by atoms with Crippen LogP contribution in [-0.2, 0) is 16.1 Å². The summed E-state index contributed by atoms with van der Waals surface area (Å²) in [4.78, 5) is 58.5. The SMILES string of the molecule is CC(=O)c1nn(CC(=O)N2C3CC3(CN3CC4CC(C4)C3)C[C@H]2C(=O)Nc2nc(Br)ccc2C)c2ccc(-c3cnc(C)nc3)cc12. The number of piperidine rings is 3. The van der Waals surface area contributed by atoms with E-state index in [0.29, 0.717) is 39.3 Å². The molecular formula is C35H37BrN8O3. The van der Waals surface area contributed by atoms with E-state index in [1.54, 1.807) is 17.1 Å². The van der Waals surface area contributed by atoms with Crippen molar-refractivity contribution >= 4 is 50.2 Å². The van der Waals surface area contributed by atoms with E-state index >= 15 is 0 Å². The highest BCUT2D eigenvalue weighted by atomic mass is 79.9. The van der Waals surface area contributed by atoms with Crippen LogP contribution in [0.15, 0.2) is 47.3 Å². The second-order valence-corrected chi connectivity index (χ2v) is 14.9. The largest absolute Gasteiger partial charge is 0.325 e. The highest BCUT2D eigenvalue weighted by Gasteiger charge is 2.67. The second-order valence-electron chi connectivity index (χ2n) is 14.1. The lowest BCUT2D eigenvalue weighted by Gasteiger charge is -2.48. The molecule has 242 valence electrons. The fourth-order valence-corrected chi connectivity index (χ4v) is 8.62. The van der Waals surface area contributed by atoms with E-state index in [-0.39, 0.29) is 35.6 Å². The molecule has 3 saturated heterocycles. The molecule has 6 heterocycles. The van der Waals surface area contributed by atoms with E-state index < -0.39 is 6.04 Å². The standard InChI is InChI=1S/C35H37BrN8O3/c1-19-4-7-30(36)39-33(19)40-34(47)28-11-35(18-42-15-22-8-23(9-22)16-42)12-29(35)44(28)31(46)17-43-27-6-5-24(25-13-37-21(3)38-14-25)10-26(27)32(41-43)20(2)45/h4-7,10,13-14,22-23,28-29H,8-9,11-12,15-18H2,1-3H3,(H,39,40,47)/t22?,23?,28-,29?,35?/m0/s1. The number of amides is 2. The van der Waals surface area contributed by atoms with Crippen LogP contribution in [0.3, 0.4) is 0 Å². The fourth-order valence-electron chi connectivity index (χ4n) is 8.31. The maximum absolute atomic E-state index is 14.3. The fraction of sp³-hybridized carbons (Fsp3) is 0.457. The molecule has 9 rings (SSSR count). The maximum atomic E-state index is 14.3. The Morgan fingerprint density at radius 1 is 1.00 bits per heavy atom. The Morgan fingerprint density at radius 2 is 1.74 bits per heavy atom. The van der Waals surface area contributed by atoms with Crippen molar-refractivity contribution in [2.24, 2.45) is 17.3 Å². The smallest absolute Gasteiger partial charge is 0.248 e. The topological polar surface area (TPSA) is 126 Å². The summed E-state index contributed by atoms with van der Waals surface area (Å²) in [5.41, 5.74) is 3.43. The van der Waals surface area contributed by atoms with Crippen LogP contribution < -0.4 is 5.32 Å². The Morgan fingerprint density at radius 3 is 2.47 bits per heavy atom. The van der Waals surface area contributed by atoms with Gasteiger partial charge in [-0.05, 0) is 96.6 Å². The van der Waals surface area contributed by atoms with Gasteiger partial charge in [0.05, 0.1) is 5.52 Å². The number of hydrogen-bond acceptors (Lipinski definition) is 8. The van der Waals surface area contributed by atoms with Crippen molar-refractivity contribution in [3.05, 3.63) is 64.4 Å². The minimum atomic E-state index is -0.622. The number of carbonyl (C=O) groups is 3. The van der Waals surface area contributed by atoms with Gasteiger partial charge in [-0.25, -0.2) is 15.0 Å². The number of Topliss-reactive ketones (excluding diaryl/α,β-unsaturated/α-hetero) is 1. The summed E-state index contributed by atoms with van der Waals surface area (Å²) in [5.74, 6) is 2.15. The first-order valence-corrected chi connectivity index (χ1v) is 17.1. The van der Waals surface area contributed by atoms with E-state index in [0.717, 1.165) is 54.6 Å². The molecule has 3 aromatic heterocycles. The number of pyridine rings is 1. The van der Waals surface area contributed by atoms with Crippen molar-refractivity contribution in [2.75, 3.05) is 25.0 Å². The van der Waals surface area contributed by atoms with Gasteiger partial charge in [0.25, 0.3) is 0 Å². The van der Waals surface area contributed by atoms with Crippen LogP contribution in [-0.4, -0.2) is 83.8 Å². The van der Waals surface area contributed by atoms with Crippen LogP contribution in [0.4, 0.5) is 5.82 Å². The maximum Gasteiger partial charge on any atom is 0.248 e. The normalized spacial score (nSPS) is 26.2. The molecule has 11 nitrogen and oxygen atoms in total. The Labute approximate surface area is 281 Å². The van der Waals surface area contributed by atoms with Crippen molar-refractivity contribution < 1.29 is 14.4 Å². The number of likely N-dealkylation sites (tertiary alicyclic amines) is 1. The van der Waals surface area contributed by atoms with Crippen LogP contribution in [0.2, 0.25) is 0 Å². The van der Waals surface area contributed by atoms with Gasteiger partial charge in [0.15, 0.2) is 5.78 Å². The van der Waals surface area contributed by atoms with Crippen molar-refractivity contribution in [3.63, 3.8) is 0 Å². The number of ketones is 1. The highest BCUT2D eigenvalue weighted by Crippen LogP contribution is 2.60. The van der Waals surface area contributed by atoms with E-state index in [9.17, 15) is 14.4 Å². The van der Waals surface area contributed by atoms with E-state index in [4.69, 9.17) is 0 Å². The number of aromatic nitrogens is 5. The number of fused-ring (bicyclic) bond motifs is 4. The summed E-state index contributed by atoms with van der Waals surface area (Å²) < 4.78 is 2.24. The molecule has 3 atom stereocenters. The first-order valence-electron chi connectivity index (χ1n) is 16.3. The van der Waals surface area contributed by atoms with Crippen molar-refractivity contribution in [3.8, 4) is 11.1 Å². The lowest BCUT2D eigenvalue weighted by atomic mass is 9.71. The molecule has 47 heavy (non-hydrogen) atoms. The second kappa shape index (κ2) is 11.3. The summed E-state index contributed by atoms with van der Waals surface area (Å²) in [6.45, 7) is 8.28. The van der Waals surface area contributed by atoms with Crippen molar-refractivity contribution in [1.29, 1.82) is 0 Å². The molecule has 5 aliphatic rings. The van der Waals surface area contributed by atoms with E-state index in [1.807, 2.05) is 49.1 Å². The minimum Gasteiger partial charge on any atom is -0.325 e. The molecule has 4 aromatic rings. The van der Waals surface area contributed by atoms with Gasteiger partial charge in [-0.3, -0.25) is 19.1 Å². The third-order valence-electron chi connectivity index (χ3n) is 10.7. The average Bonchev–Trinajstić information content (AvgIpc) is 3.43. The van der Waals surface area contributed by atoms with Crippen molar-refractivity contribution in [2.45, 2.75) is 65.1 Å². The minimum absolute atomic E-state index is 0.0113. The molecular weight excluding hydrogens is 660 g/mol. The van der Waals surface area contributed by atoms with Crippen LogP contribution in [0.1, 0.15) is 54.5 Å². The Bertz CT molecular complexity index is 1930. The van der Waals surface area contributed by atoms with Gasteiger partial charge in [0, 0.05) is 61.4 Å². The Kier molecular flexibility index (Phi) is 7.29. The van der Waals surface area contributed by atoms with E-state index in [2.05, 4.69) is 46.2 Å². The molecule has 1 N–H and O–H groups in total. The lowest BCUT2D eigenvalue weighted by Crippen LogP contribution is -2.50. The Hall–Kier alpha value is -4.03. The molecule has 3 aliphatic heterocycles. The van der Waals surface area contributed by atoms with Crippen LogP contribution in [0.5, 0.6) is 0 Å². The number of nitrogens with zero attached hydrogens (tertiary/aromatic N) is 7. The first-order chi connectivity index (χ1) is 22.6. The van der Waals surface area contributed by atoms with Gasteiger partial charge in [0.1, 0.15) is 34.5 Å². The lowest BCUT2D eigenvalue weighted by molar-refractivity contribution is -0.138. The molecule has 2 aliphatic carbocycles. The van der Waals surface area contributed by atoms with Gasteiger partial charge >= 0.3 is 0 Å². The van der Waals surface area contributed by atoms with E-state index in [1.165, 1.54) is 19.8 Å². The third-order valence-corrected chi connectivity index (χ3v) is 11.1. The molecule has 1 aromatic carbocycles. The summed E-state index contributed by atoms with van der Waals surface area (Å²) in [6, 6.07) is 8.82. The quantitative estimate of drug-likeness (QED) is 0.206. The number of anilines is 1. The molecule has 2 saturated carbocycles. The average molecular weight is 698 g/mol. The first kappa shape index (κ1) is 30.3. The van der Waals surface area contributed by atoms with Gasteiger partial charge < -0.3 is 15.1 Å². The molecule has 2 amide bonds. The third kappa shape index (κ3) is 5.44. The van der Waals surface area contributed by atoms with Gasteiger partial charge in [0.2, 0.25) is 11.8 Å². The number of hydrogen-bond donors (Lipinski definition) is 1. The predicted molar refractivity (Wildman–Crippen MR) is 180 cm³/mol. The monoisotopic (exact) mass is 696 g/mol. The van der Waals surface area contributed by atoms with Gasteiger partial charge in [-0.15, -0.1) is 0 Å². The van der Waals surface area contributed by atoms with Crippen molar-refractivity contribution in [1.82, 2.24) is 34.5 Å². The summed E-state index contributed by atoms with van der Waals surface area (Å²) >= 11 is 3.41. The zero-order valence-electron chi connectivity index (χ0n) is 26.7. The van der Waals surface area contributed by atoms with Gasteiger partial charge in [-0.2, -0.15) is 5.10 Å². The molecule has 2 bridgehead atoms. The van der Waals surface area contributed by atoms with Crippen LogP contribution in [0.25, 0.3) is 22.0 Å². The number of rotatable bonds is 8. The number of halogens is 1. The summed E-state index contributed by atoms with van der Waals surface area (Å²) in [6.07, 6.45) is 7.69. The summed E-state index contributed by atoms with van der Waals surface area (Å²) in [5, 5.41) is 8.33.